The number of methoxy groups -OCH3 is 1. The summed E-state index contributed by atoms with van der Waals surface area (Å²) in [5.41, 5.74) is 0.452. The molecule has 0 heterocycles. The van der Waals surface area contributed by atoms with Gasteiger partial charge in [0.1, 0.15) is 6.61 Å². The van der Waals surface area contributed by atoms with Crippen molar-refractivity contribution in [2.75, 3.05) is 25.7 Å². The first-order valence-electron chi connectivity index (χ1n) is 5.15. The Bertz CT molecular complexity index is 487. The molecule has 0 unspecified atom stereocenters. The minimum atomic E-state index is -3.10. The Morgan fingerprint density at radius 1 is 1.39 bits per heavy atom. The van der Waals surface area contributed by atoms with Crippen LogP contribution < -0.4 is 9.47 Å². The Morgan fingerprint density at radius 3 is 2.56 bits per heavy atom. The number of aliphatic hydroxyl groups excluding tert-OH is 1. The number of hydrogen-bond acceptors (Lipinski definition) is 5. The lowest BCUT2D eigenvalue weighted by atomic mass is 10.2. The van der Waals surface area contributed by atoms with Gasteiger partial charge in [0.15, 0.2) is 21.3 Å². The lowest BCUT2D eigenvalue weighted by Crippen LogP contribution is -2.13. The molecule has 18 heavy (non-hydrogen) atoms. The molecule has 0 amide bonds. The van der Waals surface area contributed by atoms with Crippen LogP contribution >= 0.6 is 11.6 Å². The second-order valence-corrected chi connectivity index (χ2v) is 6.43. The number of ether oxygens (including phenoxy) is 2. The Morgan fingerprint density at radius 2 is 2.06 bits per heavy atom. The molecule has 0 radical (unpaired) electrons. The van der Waals surface area contributed by atoms with Gasteiger partial charge in [0, 0.05) is 22.9 Å². The van der Waals surface area contributed by atoms with Gasteiger partial charge in [-0.1, -0.05) is 11.6 Å². The van der Waals surface area contributed by atoms with Crippen molar-refractivity contribution in [3.05, 3.63) is 22.7 Å². The number of halogens is 1. The van der Waals surface area contributed by atoms with Gasteiger partial charge in [0.25, 0.3) is 0 Å². The summed E-state index contributed by atoms with van der Waals surface area (Å²) < 4.78 is 32.4. The van der Waals surface area contributed by atoms with E-state index < -0.39 is 9.84 Å². The molecule has 1 aromatic rings. The van der Waals surface area contributed by atoms with Crippen LogP contribution in [0.5, 0.6) is 11.5 Å². The molecule has 102 valence electrons. The van der Waals surface area contributed by atoms with Crippen LogP contribution in [0.3, 0.4) is 0 Å². The molecule has 0 aliphatic rings. The minimum Gasteiger partial charge on any atom is -0.493 e. The highest BCUT2D eigenvalue weighted by molar-refractivity contribution is 7.90. The van der Waals surface area contributed by atoms with Crippen molar-refractivity contribution in [3.8, 4) is 11.5 Å². The zero-order valence-electron chi connectivity index (χ0n) is 10.1. The molecule has 0 bridgehead atoms. The van der Waals surface area contributed by atoms with Gasteiger partial charge < -0.3 is 14.6 Å². The molecule has 5 nitrogen and oxygen atoms in total. The van der Waals surface area contributed by atoms with Crippen LogP contribution in [-0.4, -0.2) is 39.2 Å². The number of benzene rings is 1. The zero-order chi connectivity index (χ0) is 13.8. The van der Waals surface area contributed by atoms with Gasteiger partial charge in [0.2, 0.25) is 0 Å². The lowest BCUT2D eigenvalue weighted by Gasteiger charge is -2.14. The Kier molecular flexibility index (Phi) is 5.25. The molecule has 0 aromatic heterocycles. The Hall–Kier alpha value is -0.980. The van der Waals surface area contributed by atoms with Crippen molar-refractivity contribution in [1.82, 2.24) is 0 Å². The normalized spacial score (nSPS) is 11.3. The summed E-state index contributed by atoms with van der Waals surface area (Å²) in [6, 6.07) is 3.08. The standard InChI is InChI=1S/C11H15ClO5S/c1-16-10-6-9(12)5-8(7-13)11(10)17-3-4-18(2,14)15/h5-6,13H,3-4,7H2,1-2H3. The number of sulfone groups is 1. The van der Waals surface area contributed by atoms with E-state index in [0.29, 0.717) is 22.1 Å². The van der Waals surface area contributed by atoms with Gasteiger partial charge >= 0.3 is 0 Å². The van der Waals surface area contributed by atoms with Crippen molar-refractivity contribution in [1.29, 1.82) is 0 Å². The second kappa shape index (κ2) is 6.26. The third-order valence-corrected chi connectivity index (χ3v) is 3.31. The van der Waals surface area contributed by atoms with Crippen LogP contribution in [0.4, 0.5) is 0 Å². The molecule has 1 rings (SSSR count). The smallest absolute Gasteiger partial charge is 0.166 e. The summed E-state index contributed by atoms with van der Waals surface area (Å²) in [4.78, 5) is 0. The number of rotatable bonds is 6. The van der Waals surface area contributed by atoms with Gasteiger partial charge in [-0.15, -0.1) is 0 Å². The lowest BCUT2D eigenvalue weighted by molar-refractivity contribution is 0.260. The molecular formula is C11H15ClO5S. The monoisotopic (exact) mass is 294 g/mol. The first-order valence-corrected chi connectivity index (χ1v) is 7.59. The summed E-state index contributed by atoms with van der Waals surface area (Å²) >= 11 is 5.84. The van der Waals surface area contributed by atoms with Gasteiger partial charge in [-0.05, 0) is 6.07 Å². The minimum absolute atomic E-state index is 0.0101. The van der Waals surface area contributed by atoms with E-state index in [1.807, 2.05) is 0 Å². The van der Waals surface area contributed by atoms with E-state index in [1.165, 1.54) is 13.2 Å². The van der Waals surface area contributed by atoms with E-state index in [0.717, 1.165) is 6.26 Å². The Labute approximate surface area is 111 Å². The van der Waals surface area contributed by atoms with Crippen LogP contribution in [0.25, 0.3) is 0 Å². The second-order valence-electron chi connectivity index (χ2n) is 3.73. The van der Waals surface area contributed by atoms with E-state index in [-0.39, 0.29) is 19.0 Å². The van der Waals surface area contributed by atoms with E-state index in [9.17, 15) is 13.5 Å². The molecule has 0 spiro atoms. The van der Waals surface area contributed by atoms with Crippen molar-refractivity contribution >= 4 is 21.4 Å². The van der Waals surface area contributed by atoms with Crippen molar-refractivity contribution in [2.24, 2.45) is 0 Å². The van der Waals surface area contributed by atoms with Crippen molar-refractivity contribution in [3.63, 3.8) is 0 Å². The first kappa shape index (κ1) is 15.1. The summed E-state index contributed by atoms with van der Waals surface area (Å²) in [6.45, 7) is -0.283. The molecule has 0 fully saturated rings. The fourth-order valence-corrected chi connectivity index (χ4v) is 1.97. The molecule has 0 aliphatic heterocycles. The van der Waals surface area contributed by atoms with Gasteiger partial charge in [-0.2, -0.15) is 0 Å². The highest BCUT2D eigenvalue weighted by Crippen LogP contribution is 2.34. The zero-order valence-corrected chi connectivity index (χ0v) is 11.7. The van der Waals surface area contributed by atoms with Crippen molar-refractivity contribution in [2.45, 2.75) is 6.61 Å². The molecule has 7 heteroatoms. The average Bonchev–Trinajstić information content (AvgIpc) is 2.28. The first-order chi connectivity index (χ1) is 8.37. The average molecular weight is 295 g/mol. The summed E-state index contributed by atoms with van der Waals surface area (Å²) in [5, 5.41) is 9.62. The quantitative estimate of drug-likeness (QED) is 0.855. The number of aliphatic hydroxyl groups is 1. The maximum absolute atomic E-state index is 11.0. The Balaban J connectivity index is 2.92. The topological polar surface area (TPSA) is 72.8 Å². The van der Waals surface area contributed by atoms with Crippen LogP contribution in [0.15, 0.2) is 12.1 Å². The summed E-state index contributed by atoms with van der Waals surface area (Å²) in [7, 11) is -1.66. The van der Waals surface area contributed by atoms with E-state index in [4.69, 9.17) is 21.1 Å². The largest absolute Gasteiger partial charge is 0.493 e. The highest BCUT2D eigenvalue weighted by atomic mass is 35.5. The summed E-state index contributed by atoms with van der Waals surface area (Å²) in [5.74, 6) is 0.567. The summed E-state index contributed by atoms with van der Waals surface area (Å²) in [6.07, 6.45) is 1.13. The molecule has 0 aliphatic carbocycles. The molecule has 0 atom stereocenters. The van der Waals surface area contributed by atoms with Gasteiger partial charge in [0.05, 0.1) is 19.5 Å². The molecule has 0 saturated heterocycles. The molecule has 1 N–H and O–H groups in total. The van der Waals surface area contributed by atoms with E-state index in [2.05, 4.69) is 0 Å². The fraction of sp³-hybridized carbons (Fsp3) is 0.455. The predicted octanol–water partition coefficient (Wildman–Crippen LogP) is 1.26. The van der Waals surface area contributed by atoms with E-state index >= 15 is 0 Å². The van der Waals surface area contributed by atoms with Gasteiger partial charge in [-0.3, -0.25) is 0 Å². The van der Waals surface area contributed by atoms with Crippen LogP contribution in [-0.2, 0) is 16.4 Å². The molecule has 0 saturated carbocycles. The van der Waals surface area contributed by atoms with Crippen LogP contribution in [0.2, 0.25) is 5.02 Å². The fourth-order valence-electron chi connectivity index (χ4n) is 1.35. The predicted molar refractivity (Wildman–Crippen MR) is 69.1 cm³/mol. The molecule has 1 aromatic carbocycles. The SMILES string of the molecule is COc1cc(Cl)cc(CO)c1OCCS(C)(=O)=O. The van der Waals surface area contributed by atoms with E-state index in [1.54, 1.807) is 6.07 Å². The molecular weight excluding hydrogens is 280 g/mol. The third kappa shape index (κ3) is 4.36. The maximum Gasteiger partial charge on any atom is 0.166 e. The highest BCUT2D eigenvalue weighted by Gasteiger charge is 2.13. The maximum atomic E-state index is 11.0. The van der Waals surface area contributed by atoms with Gasteiger partial charge in [-0.25, -0.2) is 8.42 Å². The van der Waals surface area contributed by atoms with Crippen molar-refractivity contribution < 1.29 is 23.0 Å². The number of hydrogen-bond donors (Lipinski definition) is 1. The van der Waals surface area contributed by atoms with Crippen LogP contribution in [0, 0.1) is 0 Å². The van der Waals surface area contributed by atoms with Crippen LogP contribution in [0.1, 0.15) is 5.56 Å². The third-order valence-electron chi connectivity index (χ3n) is 2.19.